The minimum absolute atomic E-state index is 0.111. The standard InChI is InChI=1S/C6H11NO4/c8-2-1-7-3-5(4-7)11-6(9)10/h5,8H,1-4H2,(H,9,10). The quantitative estimate of drug-likeness (QED) is 0.539. The number of β-amino-alcohol motifs (C(OH)–C–C–N with tert-alkyl or cyclic N) is 1. The Labute approximate surface area is 64.2 Å². The van der Waals surface area contributed by atoms with Crippen LogP contribution in [0.25, 0.3) is 0 Å². The molecule has 0 bridgehead atoms. The second kappa shape index (κ2) is 3.54. The normalized spacial score (nSPS) is 19.4. The van der Waals surface area contributed by atoms with Crippen LogP contribution in [0.4, 0.5) is 4.79 Å². The average Bonchev–Trinajstić information content (AvgIpc) is 1.82. The van der Waals surface area contributed by atoms with Gasteiger partial charge in [0.05, 0.1) is 6.61 Å². The lowest BCUT2D eigenvalue weighted by atomic mass is 10.2. The summed E-state index contributed by atoms with van der Waals surface area (Å²) in [5.74, 6) is 0. The van der Waals surface area contributed by atoms with Crippen molar-refractivity contribution in [2.75, 3.05) is 26.2 Å². The molecular formula is C6H11NO4. The van der Waals surface area contributed by atoms with Crippen molar-refractivity contribution in [3.8, 4) is 0 Å². The number of ether oxygens (including phenoxy) is 1. The molecule has 11 heavy (non-hydrogen) atoms. The van der Waals surface area contributed by atoms with Crippen LogP contribution in [0.3, 0.4) is 0 Å². The smallest absolute Gasteiger partial charge is 0.450 e. The van der Waals surface area contributed by atoms with Crippen molar-refractivity contribution in [3.05, 3.63) is 0 Å². The highest BCUT2D eigenvalue weighted by molar-refractivity contribution is 5.57. The molecule has 0 aliphatic carbocycles. The van der Waals surface area contributed by atoms with Crippen molar-refractivity contribution in [2.24, 2.45) is 0 Å². The van der Waals surface area contributed by atoms with Crippen LogP contribution in [0.5, 0.6) is 0 Å². The average molecular weight is 161 g/mol. The number of nitrogens with zero attached hydrogens (tertiary/aromatic N) is 1. The first-order chi connectivity index (χ1) is 5.22. The number of rotatable bonds is 3. The molecule has 0 aromatic rings. The van der Waals surface area contributed by atoms with Gasteiger partial charge in [-0.05, 0) is 0 Å². The summed E-state index contributed by atoms with van der Waals surface area (Å²) in [5, 5.41) is 16.6. The van der Waals surface area contributed by atoms with E-state index in [-0.39, 0.29) is 12.7 Å². The maximum Gasteiger partial charge on any atom is 0.506 e. The van der Waals surface area contributed by atoms with Crippen LogP contribution in [-0.4, -0.2) is 53.6 Å². The molecule has 0 unspecified atom stereocenters. The Bertz CT molecular complexity index is 144. The fourth-order valence-corrected chi connectivity index (χ4v) is 1.06. The third-order valence-corrected chi connectivity index (χ3v) is 1.61. The number of hydrogen-bond donors (Lipinski definition) is 2. The second-order valence-corrected chi connectivity index (χ2v) is 2.49. The van der Waals surface area contributed by atoms with Gasteiger partial charge in [-0.3, -0.25) is 4.90 Å². The summed E-state index contributed by atoms with van der Waals surface area (Å²) in [5.41, 5.74) is 0. The van der Waals surface area contributed by atoms with E-state index in [1.807, 2.05) is 4.90 Å². The zero-order valence-electron chi connectivity index (χ0n) is 6.06. The fourth-order valence-electron chi connectivity index (χ4n) is 1.06. The fraction of sp³-hybridized carbons (Fsp3) is 0.833. The van der Waals surface area contributed by atoms with E-state index in [4.69, 9.17) is 10.2 Å². The van der Waals surface area contributed by atoms with Gasteiger partial charge >= 0.3 is 6.16 Å². The number of carbonyl (C=O) groups is 1. The van der Waals surface area contributed by atoms with Crippen LogP contribution in [-0.2, 0) is 4.74 Å². The molecule has 5 heteroatoms. The molecule has 0 saturated carbocycles. The zero-order chi connectivity index (χ0) is 8.27. The van der Waals surface area contributed by atoms with Gasteiger partial charge in [-0.1, -0.05) is 0 Å². The summed E-state index contributed by atoms with van der Waals surface area (Å²) >= 11 is 0. The summed E-state index contributed by atoms with van der Waals surface area (Å²) in [4.78, 5) is 11.9. The number of aliphatic hydroxyl groups is 1. The molecule has 1 fully saturated rings. The van der Waals surface area contributed by atoms with Gasteiger partial charge in [0.15, 0.2) is 0 Å². The Morgan fingerprint density at radius 3 is 2.73 bits per heavy atom. The molecule has 0 amide bonds. The van der Waals surface area contributed by atoms with Gasteiger partial charge in [-0.25, -0.2) is 4.79 Å². The van der Waals surface area contributed by atoms with E-state index in [0.717, 1.165) is 0 Å². The van der Waals surface area contributed by atoms with Crippen molar-refractivity contribution in [2.45, 2.75) is 6.10 Å². The highest BCUT2D eigenvalue weighted by Gasteiger charge is 2.28. The number of aliphatic hydroxyl groups excluding tert-OH is 1. The molecule has 0 atom stereocenters. The Morgan fingerprint density at radius 1 is 1.64 bits per heavy atom. The maximum absolute atomic E-state index is 9.98. The summed E-state index contributed by atoms with van der Waals surface area (Å²) in [6.07, 6.45) is -1.42. The monoisotopic (exact) mass is 161 g/mol. The highest BCUT2D eigenvalue weighted by atomic mass is 16.7. The summed E-state index contributed by atoms with van der Waals surface area (Å²) in [7, 11) is 0. The van der Waals surface area contributed by atoms with E-state index < -0.39 is 6.16 Å². The van der Waals surface area contributed by atoms with Crippen LogP contribution < -0.4 is 0 Å². The molecular weight excluding hydrogens is 150 g/mol. The first kappa shape index (κ1) is 8.29. The minimum atomic E-state index is -1.22. The number of likely N-dealkylation sites (tertiary alicyclic amines) is 1. The Hall–Kier alpha value is -0.810. The lowest BCUT2D eigenvalue weighted by Crippen LogP contribution is -2.53. The zero-order valence-corrected chi connectivity index (χ0v) is 6.06. The van der Waals surface area contributed by atoms with E-state index in [1.54, 1.807) is 0 Å². The molecule has 1 rings (SSSR count). The topological polar surface area (TPSA) is 70.0 Å². The van der Waals surface area contributed by atoms with Gasteiger partial charge in [0.2, 0.25) is 0 Å². The summed E-state index contributed by atoms with van der Waals surface area (Å²) in [6, 6.07) is 0. The molecule has 1 saturated heterocycles. The second-order valence-electron chi connectivity index (χ2n) is 2.49. The van der Waals surface area contributed by atoms with E-state index in [0.29, 0.717) is 19.6 Å². The molecule has 0 spiro atoms. The largest absolute Gasteiger partial charge is 0.506 e. The van der Waals surface area contributed by atoms with Crippen LogP contribution >= 0.6 is 0 Å². The molecule has 0 aromatic carbocycles. The predicted molar refractivity (Wildman–Crippen MR) is 36.4 cm³/mol. The Balaban J connectivity index is 2.04. The highest BCUT2D eigenvalue weighted by Crippen LogP contribution is 2.10. The number of hydrogen-bond acceptors (Lipinski definition) is 4. The molecule has 1 aliphatic rings. The van der Waals surface area contributed by atoms with E-state index in [9.17, 15) is 4.79 Å². The van der Waals surface area contributed by atoms with Crippen molar-refractivity contribution in [1.82, 2.24) is 4.90 Å². The van der Waals surface area contributed by atoms with Gasteiger partial charge in [0.25, 0.3) is 0 Å². The molecule has 64 valence electrons. The molecule has 0 aromatic heterocycles. The van der Waals surface area contributed by atoms with Crippen LogP contribution in [0.15, 0.2) is 0 Å². The van der Waals surface area contributed by atoms with Crippen molar-refractivity contribution in [1.29, 1.82) is 0 Å². The predicted octanol–water partition coefficient (Wildman–Crippen LogP) is -0.642. The first-order valence-corrected chi connectivity index (χ1v) is 3.45. The van der Waals surface area contributed by atoms with Crippen molar-refractivity contribution in [3.63, 3.8) is 0 Å². The van der Waals surface area contributed by atoms with Gasteiger partial charge in [-0.15, -0.1) is 0 Å². The lowest BCUT2D eigenvalue weighted by molar-refractivity contribution is -0.0372. The first-order valence-electron chi connectivity index (χ1n) is 3.45. The summed E-state index contributed by atoms with van der Waals surface area (Å²) < 4.78 is 4.46. The SMILES string of the molecule is O=C(O)OC1CN(CCO)C1. The maximum atomic E-state index is 9.98. The molecule has 1 heterocycles. The third kappa shape index (κ3) is 2.36. The van der Waals surface area contributed by atoms with E-state index in [2.05, 4.69) is 4.74 Å². The molecule has 0 radical (unpaired) electrons. The van der Waals surface area contributed by atoms with Gasteiger partial charge in [0, 0.05) is 19.6 Å². The minimum Gasteiger partial charge on any atom is -0.450 e. The van der Waals surface area contributed by atoms with Gasteiger partial charge in [-0.2, -0.15) is 0 Å². The van der Waals surface area contributed by atoms with Crippen molar-refractivity contribution < 1.29 is 19.7 Å². The van der Waals surface area contributed by atoms with Gasteiger partial charge < -0.3 is 14.9 Å². The molecule has 5 nitrogen and oxygen atoms in total. The van der Waals surface area contributed by atoms with Crippen molar-refractivity contribution >= 4 is 6.16 Å². The van der Waals surface area contributed by atoms with Crippen LogP contribution in [0.2, 0.25) is 0 Å². The molecule has 2 N–H and O–H groups in total. The van der Waals surface area contributed by atoms with E-state index in [1.165, 1.54) is 0 Å². The van der Waals surface area contributed by atoms with E-state index >= 15 is 0 Å². The number of carboxylic acid groups (broad SMARTS) is 1. The van der Waals surface area contributed by atoms with Crippen LogP contribution in [0, 0.1) is 0 Å². The van der Waals surface area contributed by atoms with Gasteiger partial charge in [0.1, 0.15) is 6.10 Å². The summed E-state index contributed by atoms with van der Waals surface area (Å²) in [6.45, 7) is 1.92. The molecule has 1 aliphatic heterocycles. The Morgan fingerprint density at radius 2 is 2.27 bits per heavy atom. The lowest BCUT2D eigenvalue weighted by Gasteiger charge is -2.36. The third-order valence-electron chi connectivity index (χ3n) is 1.61. The Kier molecular flexibility index (Phi) is 2.67. The van der Waals surface area contributed by atoms with Crippen LogP contribution in [0.1, 0.15) is 0 Å².